The molecule has 0 aliphatic rings. The quantitative estimate of drug-likeness (QED) is 0.731. The molecule has 0 saturated heterocycles. The van der Waals surface area contributed by atoms with Crippen LogP contribution in [-0.4, -0.2) is 38.1 Å². The highest BCUT2D eigenvalue weighted by Crippen LogP contribution is 2.17. The van der Waals surface area contributed by atoms with E-state index < -0.39 is 0 Å². The van der Waals surface area contributed by atoms with Gasteiger partial charge < -0.3 is 15.0 Å². The van der Waals surface area contributed by atoms with Crippen LogP contribution < -0.4 is 10.1 Å². The molecule has 0 unspecified atom stereocenters. The number of hydrogen-bond acceptors (Lipinski definition) is 3. The lowest BCUT2D eigenvalue weighted by atomic mass is 10.2. The minimum Gasteiger partial charge on any atom is -0.493 e. The number of amides is 1. The molecule has 0 aromatic heterocycles. The van der Waals surface area contributed by atoms with Gasteiger partial charge in [0.15, 0.2) is 0 Å². The zero-order valence-corrected chi connectivity index (χ0v) is 12.1. The maximum atomic E-state index is 11.5. The van der Waals surface area contributed by atoms with Crippen molar-refractivity contribution in [1.82, 2.24) is 10.2 Å². The predicted octanol–water partition coefficient (Wildman–Crippen LogP) is 2.04. The first-order chi connectivity index (χ1) is 9.15. The molecular formula is C15H24N2O2. The summed E-state index contributed by atoms with van der Waals surface area (Å²) in [7, 11) is 3.51. The van der Waals surface area contributed by atoms with Gasteiger partial charge in [-0.2, -0.15) is 0 Å². The molecule has 0 saturated carbocycles. The second-order valence-electron chi connectivity index (χ2n) is 4.67. The summed E-state index contributed by atoms with van der Waals surface area (Å²) < 4.78 is 5.70. The highest BCUT2D eigenvalue weighted by Gasteiger charge is 2.06. The summed E-state index contributed by atoms with van der Waals surface area (Å²) >= 11 is 0. The summed E-state index contributed by atoms with van der Waals surface area (Å²) in [4.78, 5) is 13.0. The van der Waals surface area contributed by atoms with Crippen molar-refractivity contribution in [2.24, 2.45) is 0 Å². The smallest absolute Gasteiger partial charge is 0.225 e. The lowest BCUT2D eigenvalue weighted by molar-refractivity contribution is -0.129. The van der Waals surface area contributed by atoms with Crippen molar-refractivity contribution >= 4 is 5.91 Å². The molecule has 0 aliphatic heterocycles. The largest absolute Gasteiger partial charge is 0.493 e. The van der Waals surface area contributed by atoms with Gasteiger partial charge in [-0.3, -0.25) is 4.79 Å². The van der Waals surface area contributed by atoms with Gasteiger partial charge in [-0.05, 0) is 19.0 Å². The van der Waals surface area contributed by atoms with Gasteiger partial charge in [0.25, 0.3) is 0 Å². The standard InChI is InChI=1S/C15H24N2O2/c1-4-10-16-12-13-7-5-6-8-14(13)19-11-9-15(18)17(2)3/h5-8,16H,4,9-12H2,1-3H3. The maximum absolute atomic E-state index is 11.5. The molecule has 1 aromatic rings. The summed E-state index contributed by atoms with van der Waals surface area (Å²) in [5.41, 5.74) is 1.13. The molecule has 1 rings (SSSR count). The van der Waals surface area contributed by atoms with Gasteiger partial charge in [-0.15, -0.1) is 0 Å². The highest BCUT2D eigenvalue weighted by atomic mass is 16.5. The summed E-state index contributed by atoms with van der Waals surface area (Å²) in [6.07, 6.45) is 1.52. The molecule has 0 heterocycles. The van der Waals surface area contributed by atoms with Crippen molar-refractivity contribution in [2.45, 2.75) is 26.3 Å². The van der Waals surface area contributed by atoms with E-state index in [0.717, 1.165) is 30.8 Å². The Balaban J connectivity index is 2.46. The zero-order chi connectivity index (χ0) is 14.1. The van der Waals surface area contributed by atoms with Crippen LogP contribution in [0.1, 0.15) is 25.3 Å². The number of hydrogen-bond donors (Lipinski definition) is 1. The van der Waals surface area contributed by atoms with Crippen LogP contribution in [0.2, 0.25) is 0 Å². The molecule has 0 radical (unpaired) electrons. The number of carbonyl (C=O) groups excluding carboxylic acids is 1. The van der Waals surface area contributed by atoms with E-state index in [1.807, 2.05) is 24.3 Å². The van der Waals surface area contributed by atoms with Crippen LogP contribution in [0, 0.1) is 0 Å². The zero-order valence-electron chi connectivity index (χ0n) is 12.1. The molecule has 1 amide bonds. The minimum absolute atomic E-state index is 0.0848. The van der Waals surface area contributed by atoms with Crippen LogP contribution in [0.5, 0.6) is 5.75 Å². The third-order valence-corrected chi connectivity index (χ3v) is 2.79. The van der Waals surface area contributed by atoms with Gasteiger partial charge in [-0.25, -0.2) is 0 Å². The summed E-state index contributed by atoms with van der Waals surface area (Å²) in [5, 5.41) is 3.35. The van der Waals surface area contributed by atoms with Crippen molar-refractivity contribution in [2.75, 3.05) is 27.2 Å². The lowest BCUT2D eigenvalue weighted by Gasteiger charge is -2.13. The molecule has 0 fully saturated rings. The van der Waals surface area contributed by atoms with Crippen LogP contribution in [-0.2, 0) is 11.3 Å². The van der Waals surface area contributed by atoms with E-state index in [2.05, 4.69) is 12.2 Å². The van der Waals surface area contributed by atoms with E-state index in [0.29, 0.717) is 13.0 Å². The van der Waals surface area contributed by atoms with E-state index in [1.165, 1.54) is 0 Å². The predicted molar refractivity (Wildman–Crippen MR) is 77.2 cm³/mol. The van der Waals surface area contributed by atoms with Gasteiger partial charge in [-0.1, -0.05) is 25.1 Å². The Morgan fingerprint density at radius 3 is 2.74 bits per heavy atom. The molecule has 0 bridgehead atoms. The molecule has 0 spiro atoms. The molecular weight excluding hydrogens is 240 g/mol. The molecule has 4 heteroatoms. The molecule has 1 N–H and O–H groups in total. The maximum Gasteiger partial charge on any atom is 0.225 e. The van der Waals surface area contributed by atoms with Crippen molar-refractivity contribution in [1.29, 1.82) is 0 Å². The van der Waals surface area contributed by atoms with Crippen molar-refractivity contribution in [3.05, 3.63) is 29.8 Å². The molecule has 1 aromatic carbocycles. The SMILES string of the molecule is CCCNCc1ccccc1OCCC(=O)N(C)C. The van der Waals surface area contributed by atoms with Crippen LogP contribution >= 0.6 is 0 Å². The number of nitrogens with one attached hydrogen (secondary N) is 1. The Hall–Kier alpha value is -1.55. The number of nitrogens with zero attached hydrogens (tertiary/aromatic N) is 1. The van der Waals surface area contributed by atoms with Gasteiger partial charge in [0.2, 0.25) is 5.91 Å². The second-order valence-corrected chi connectivity index (χ2v) is 4.67. The molecule has 0 atom stereocenters. The number of benzene rings is 1. The van der Waals surface area contributed by atoms with Gasteiger partial charge >= 0.3 is 0 Å². The van der Waals surface area contributed by atoms with E-state index in [4.69, 9.17) is 4.74 Å². The fourth-order valence-electron chi connectivity index (χ4n) is 1.66. The fourth-order valence-corrected chi connectivity index (χ4v) is 1.66. The minimum atomic E-state index is 0.0848. The number of para-hydroxylation sites is 1. The third-order valence-electron chi connectivity index (χ3n) is 2.79. The first-order valence-corrected chi connectivity index (χ1v) is 6.76. The van der Waals surface area contributed by atoms with Crippen LogP contribution in [0.15, 0.2) is 24.3 Å². The van der Waals surface area contributed by atoms with E-state index in [1.54, 1.807) is 19.0 Å². The summed E-state index contributed by atoms with van der Waals surface area (Å²) in [6, 6.07) is 7.95. The monoisotopic (exact) mass is 264 g/mol. The molecule has 0 aliphatic carbocycles. The van der Waals surface area contributed by atoms with Crippen molar-refractivity contribution in [3.8, 4) is 5.75 Å². The van der Waals surface area contributed by atoms with Crippen LogP contribution in [0.4, 0.5) is 0 Å². The van der Waals surface area contributed by atoms with Gasteiger partial charge in [0.05, 0.1) is 13.0 Å². The Kier molecular flexibility index (Phi) is 6.97. The molecule has 4 nitrogen and oxygen atoms in total. The van der Waals surface area contributed by atoms with Crippen molar-refractivity contribution < 1.29 is 9.53 Å². The third kappa shape index (κ3) is 5.75. The summed E-state index contributed by atoms with van der Waals surface area (Å²) in [6.45, 7) is 4.35. The Morgan fingerprint density at radius 2 is 2.05 bits per heavy atom. The topological polar surface area (TPSA) is 41.6 Å². The first kappa shape index (κ1) is 15.5. The average molecular weight is 264 g/mol. The number of carbonyl (C=O) groups is 1. The van der Waals surface area contributed by atoms with E-state index >= 15 is 0 Å². The van der Waals surface area contributed by atoms with Crippen LogP contribution in [0.3, 0.4) is 0 Å². The Morgan fingerprint density at radius 1 is 1.32 bits per heavy atom. The Labute approximate surface area is 115 Å². The normalized spacial score (nSPS) is 10.3. The number of ether oxygens (including phenoxy) is 1. The Bertz CT molecular complexity index is 391. The highest BCUT2D eigenvalue weighted by molar-refractivity contribution is 5.75. The summed E-state index contributed by atoms with van der Waals surface area (Å²) in [5.74, 6) is 0.944. The molecule has 106 valence electrons. The average Bonchev–Trinajstić information content (AvgIpc) is 2.40. The van der Waals surface area contributed by atoms with Crippen molar-refractivity contribution in [3.63, 3.8) is 0 Å². The second kappa shape index (κ2) is 8.53. The molecule has 19 heavy (non-hydrogen) atoms. The van der Waals surface area contributed by atoms with Gasteiger partial charge in [0, 0.05) is 26.2 Å². The number of rotatable bonds is 8. The van der Waals surface area contributed by atoms with E-state index in [9.17, 15) is 4.79 Å². The lowest BCUT2D eigenvalue weighted by Crippen LogP contribution is -2.23. The fraction of sp³-hybridized carbons (Fsp3) is 0.533. The first-order valence-electron chi connectivity index (χ1n) is 6.76. The van der Waals surface area contributed by atoms with E-state index in [-0.39, 0.29) is 5.91 Å². The van der Waals surface area contributed by atoms with Crippen LogP contribution in [0.25, 0.3) is 0 Å². The van der Waals surface area contributed by atoms with Gasteiger partial charge in [0.1, 0.15) is 5.75 Å².